The quantitative estimate of drug-likeness (QED) is 0.653. The van der Waals surface area contributed by atoms with Crippen LogP contribution < -0.4 is 4.74 Å². The predicted octanol–water partition coefficient (Wildman–Crippen LogP) is 3.01. The second-order valence-corrected chi connectivity index (χ2v) is 4.95. The average molecular weight is 317 g/mol. The van der Waals surface area contributed by atoms with Crippen molar-refractivity contribution in [3.05, 3.63) is 41.5 Å². The van der Waals surface area contributed by atoms with Crippen molar-refractivity contribution in [2.75, 3.05) is 6.61 Å². The summed E-state index contributed by atoms with van der Waals surface area (Å²) >= 11 is 0. The fourth-order valence-corrected chi connectivity index (χ4v) is 2.17. The van der Waals surface area contributed by atoms with Gasteiger partial charge in [-0.1, -0.05) is 24.6 Å². The van der Waals surface area contributed by atoms with E-state index in [0.717, 1.165) is 37.7 Å². The molecule has 2 N–H and O–H groups in total. The maximum atomic E-state index is 10.5. The Kier molecular flexibility index (Phi) is 7.94. The molecule has 122 valence electrons. The highest BCUT2D eigenvalue weighted by Gasteiger charge is 2.15. The van der Waals surface area contributed by atoms with Crippen LogP contribution in [0.2, 0.25) is 0 Å². The molecule has 2 rings (SSSR count). The van der Waals surface area contributed by atoms with Crippen LogP contribution in [-0.4, -0.2) is 28.8 Å². The molecule has 1 aliphatic carbocycles. The Labute approximate surface area is 134 Å². The van der Waals surface area contributed by atoms with E-state index in [0.29, 0.717) is 5.75 Å². The molecule has 0 saturated heterocycles. The Morgan fingerprint density at radius 3 is 2.17 bits per heavy atom. The second kappa shape index (κ2) is 10.0. The molecule has 0 unspecified atom stereocenters. The third-order valence-electron chi connectivity index (χ3n) is 3.24. The molecule has 6 heteroatoms. The lowest BCUT2D eigenvalue weighted by molar-refractivity contribution is -0.139. The average Bonchev–Trinajstić information content (AvgIpc) is 2.56. The number of para-hydroxylation sites is 1. The lowest BCUT2D eigenvalue weighted by atomic mass is 9.91. The SMILES string of the molecule is N#CC(C(=O)O)=C1CCCCC1.O=C(O)COc1ccccc1. The summed E-state index contributed by atoms with van der Waals surface area (Å²) in [4.78, 5) is 20.6. The van der Waals surface area contributed by atoms with Crippen LogP contribution in [0.3, 0.4) is 0 Å². The summed E-state index contributed by atoms with van der Waals surface area (Å²) in [5.74, 6) is -1.46. The Balaban J connectivity index is 0.000000231. The van der Waals surface area contributed by atoms with Gasteiger partial charge in [-0.25, -0.2) is 9.59 Å². The van der Waals surface area contributed by atoms with Gasteiger partial charge in [0.05, 0.1) is 0 Å². The molecule has 0 radical (unpaired) electrons. The van der Waals surface area contributed by atoms with Crippen LogP contribution in [0.4, 0.5) is 0 Å². The summed E-state index contributed by atoms with van der Waals surface area (Å²) in [6.45, 7) is -0.288. The summed E-state index contributed by atoms with van der Waals surface area (Å²) in [6.07, 6.45) is 4.77. The molecule has 0 heterocycles. The van der Waals surface area contributed by atoms with Gasteiger partial charge in [0.25, 0.3) is 0 Å². The number of carboxylic acids is 2. The molecule has 0 aromatic heterocycles. The zero-order valence-corrected chi connectivity index (χ0v) is 12.7. The van der Waals surface area contributed by atoms with E-state index in [-0.39, 0.29) is 12.2 Å². The number of rotatable bonds is 4. The molecule has 0 amide bonds. The Hall–Kier alpha value is -2.81. The van der Waals surface area contributed by atoms with Crippen LogP contribution in [0.5, 0.6) is 5.75 Å². The van der Waals surface area contributed by atoms with E-state index < -0.39 is 11.9 Å². The maximum absolute atomic E-state index is 10.5. The molecule has 1 aromatic rings. The minimum atomic E-state index is -1.07. The molecule has 23 heavy (non-hydrogen) atoms. The minimum Gasteiger partial charge on any atom is -0.482 e. The number of nitrogens with zero attached hydrogens (tertiary/aromatic N) is 1. The standard InChI is InChI=1S/C9H11NO2.C8H8O3/c10-6-8(9(11)12)7-4-2-1-3-5-7;9-8(10)6-11-7-4-2-1-3-5-7/h1-5H2,(H,11,12);1-5H,6H2,(H,9,10). The summed E-state index contributed by atoms with van der Waals surface area (Å²) < 4.78 is 4.87. The molecule has 0 bridgehead atoms. The lowest BCUT2D eigenvalue weighted by Crippen LogP contribution is -2.09. The highest BCUT2D eigenvalue weighted by molar-refractivity contribution is 5.92. The number of allylic oxidation sites excluding steroid dienone is 1. The zero-order chi connectivity index (χ0) is 17.1. The number of hydrogen-bond donors (Lipinski definition) is 2. The maximum Gasteiger partial charge on any atom is 0.346 e. The van der Waals surface area contributed by atoms with Gasteiger partial charge >= 0.3 is 11.9 Å². The first-order chi connectivity index (χ1) is 11.0. The highest BCUT2D eigenvalue weighted by atomic mass is 16.5. The van der Waals surface area contributed by atoms with E-state index in [4.69, 9.17) is 20.2 Å². The van der Waals surface area contributed by atoms with E-state index in [2.05, 4.69) is 0 Å². The van der Waals surface area contributed by atoms with Gasteiger partial charge in [-0.15, -0.1) is 0 Å². The first kappa shape index (κ1) is 18.2. The van der Waals surface area contributed by atoms with Crippen molar-refractivity contribution < 1.29 is 24.5 Å². The normalized spacial score (nSPS) is 13.1. The Morgan fingerprint density at radius 2 is 1.70 bits per heavy atom. The van der Waals surface area contributed by atoms with Crippen LogP contribution in [0, 0.1) is 11.3 Å². The molecule has 1 fully saturated rings. The summed E-state index contributed by atoms with van der Waals surface area (Å²) in [6, 6.07) is 10.6. The van der Waals surface area contributed by atoms with E-state index in [1.165, 1.54) is 0 Å². The van der Waals surface area contributed by atoms with Gasteiger partial charge in [0.1, 0.15) is 17.4 Å². The van der Waals surface area contributed by atoms with Gasteiger partial charge in [0.15, 0.2) is 6.61 Å². The second-order valence-electron chi connectivity index (χ2n) is 4.95. The monoisotopic (exact) mass is 317 g/mol. The van der Waals surface area contributed by atoms with Crippen molar-refractivity contribution in [1.82, 2.24) is 0 Å². The van der Waals surface area contributed by atoms with Gasteiger partial charge in [-0.2, -0.15) is 5.26 Å². The van der Waals surface area contributed by atoms with E-state index >= 15 is 0 Å². The van der Waals surface area contributed by atoms with Crippen LogP contribution >= 0.6 is 0 Å². The van der Waals surface area contributed by atoms with Gasteiger partial charge < -0.3 is 14.9 Å². The topological polar surface area (TPSA) is 108 Å². The van der Waals surface area contributed by atoms with Crippen LogP contribution in [-0.2, 0) is 9.59 Å². The van der Waals surface area contributed by atoms with Crippen LogP contribution in [0.25, 0.3) is 0 Å². The van der Waals surface area contributed by atoms with Gasteiger partial charge in [-0.3, -0.25) is 0 Å². The number of carbonyl (C=O) groups is 2. The molecule has 1 aromatic carbocycles. The van der Waals surface area contributed by atoms with Crippen molar-refractivity contribution in [2.45, 2.75) is 32.1 Å². The molecule has 1 aliphatic rings. The first-order valence-corrected chi connectivity index (χ1v) is 7.29. The number of aliphatic carboxylic acids is 2. The molecular formula is C17H19NO5. The molecule has 0 aliphatic heterocycles. The van der Waals surface area contributed by atoms with Gasteiger partial charge in [0, 0.05) is 0 Å². The number of ether oxygens (including phenoxy) is 1. The van der Waals surface area contributed by atoms with Gasteiger partial charge in [-0.05, 0) is 43.4 Å². The van der Waals surface area contributed by atoms with Crippen LogP contribution in [0.15, 0.2) is 41.5 Å². The number of benzene rings is 1. The number of hydrogen-bond acceptors (Lipinski definition) is 4. The molecule has 6 nitrogen and oxygen atoms in total. The van der Waals surface area contributed by atoms with Crippen LogP contribution in [0.1, 0.15) is 32.1 Å². The van der Waals surface area contributed by atoms with Gasteiger partial charge in [0.2, 0.25) is 0 Å². The number of nitriles is 1. The fourth-order valence-electron chi connectivity index (χ4n) is 2.17. The third-order valence-corrected chi connectivity index (χ3v) is 3.24. The van der Waals surface area contributed by atoms with E-state index in [1.54, 1.807) is 30.3 Å². The van der Waals surface area contributed by atoms with E-state index in [1.807, 2.05) is 6.07 Å². The number of carboxylic acid groups (broad SMARTS) is 2. The summed E-state index contributed by atoms with van der Waals surface area (Å²) in [7, 11) is 0. The van der Waals surface area contributed by atoms with Crippen molar-refractivity contribution >= 4 is 11.9 Å². The first-order valence-electron chi connectivity index (χ1n) is 7.29. The smallest absolute Gasteiger partial charge is 0.346 e. The highest BCUT2D eigenvalue weighted by Crippen LogP contribution is 2.25. The zero-order valence-electron chi connectivity index (χ0n) is 12.7. The molecule has 0 atom stereocenters. The predicted molar refractivity (Wildman–Crippen MR) is 82.9 cm³/mol. The van der Waals surface area contributed by atoms with E-state index in [9.17, 15) is 9.59 Å². The van der Waals surface area contributed by atoms with Crippen molar-refractivity contribution in [2.24, 2.45) is 0 Å². The van der Waals surface area contributed by atoms with Crippen molar-refractivity contribution in [1.29, 1.82) is 5.26 Å². The Morgan fingerprint density at radius 1 is 1.09 bits per heavy atom. The lowest BCUT2D eigenvalue weighted by Gasteiger charge is -2.13. The summed E-state index contributed by atoms with van der Waals surface area (Å²) in [5.41, 5.74) is 0.797. The molecular weight excluding hydrogens is 298 g/mol. The Bertz CT molecular complexity index is 593. The largest absolute Gasteiger partial charge is 0.482 e. The summed E-state index contributed by atoms with van der Waals surface area (Å²) in [5, 5.41) is 25.5. The fraction of sp³-hybridized carbons (Fsp3) is 0.353. The van der Waals surface area contributed by atoms with Crippen molar-refractivity contribution in [3.8, 4) is 11.8 Å². The van der Waals surface area contributed by atoms with Crippen molar-refractivity contribution in [3.63, 3.8) is 0 Å². The molecule has 0 spiro atoms. The molecule has 1 saturated carbocycles. The minimum absolute atomic E-state index is 0.0327. The third kappa shape index (κ3) is 7.14.